The number of hydrogen-bond acceptors (Lipinski definition) is 3. The Bertz CT molecular complexity index is 3210. The van der Waals surface area contributed by atoms with Gasteiger partial charge in [0.05, 0.1) is 5.69 Å². The van der Waals surface area contributed by atoms with Crippen molar-refractivity contribution in [3.8, 4) is 33.4 Å². The molecule has 0 spiro atoms. The van der Waals surface area contributed by atoms with E-state index in [1.807, 2.05) is 12.1 Å². The molecule has 11 rings (SSSR count). The summed E-state index contributed by atoms with van der Waals surface area (Å²) < 4.78 is 13.1. The standard InChI is InChI=1S/C52H33NO2/c1-2-13-34(14-3-1)35-27-29-39(30-28-35)53(40-18-10-17-38(31-40)41-21-11-23-45-43-20-7-9-25-48(43)55-52(41)45)47-24-8-6-19-42(47)44-22-12-26-49-51(44)46-32-36-15-4-5-16-37(36)33-50(46)54-49/h1-33H. The van der Waals surface area contributed by atoms with E-state index >= 15 is 0 Å². The quantitative estimate of drug-likeness (QED) is 0.173. The molecule has 0 amide bonds. The van der Waals surface area contributed by atoms with Crippen molar-refractivity contribution < 1.29 is 8.83 Å². The maximum absolute atomic E-state index is 6.55. The van der Waals surface area contributed by atoms with E-state index in [1.54, 1.807) is 0 Å². The zero-order valence-corrected chi connectivity index (χ0v) is 29.8. The molecule has 2 aromatic heterocycles. The number of hydrogen-bond donors (Lipinski definition) is 0. The lowest BCUT2D eigenvalue weighted by atomic mass is 9.95. The molecule has 0 aliphatic rings. The Morgan fingerprint density at radius 3 is 1.85 bits per heavy atom. The van der Waals surface area contributed by atoms with Gasteiger partial charge in [-0.25, -0.2) is 0 Å². The summed E-state index contributed by atoms with van der Waals surface area (Å²) >= 11 is 0. The first kappa shape index (κ1) is 31.2. The third kappa shape index (κ3) is 5.20. The molecule has 3 heteroatoms. The molecular formula is C52H33NO2. The van der Waals surface area contributed by atoms with Crippen molar-refractivity contribution in [1.29, 1.82) is 0 Å². The van der Waals surface area contributed by atoms with Crippen molar-refractivity contribution in [2.75, 3.05) is 4.90 Å². The minimum Gasteiger partial charge on any atom is -0.456 e. The van der Waals surface area contributed by atoms with Gasteiger partial charge in [-0.05, 0) is 87.6 Å². The van der Waals surface area contributed by atoms with Crippen LogP contribution in [0.3, 0.4) is 0 Å². The van der Waals surface area contributed by atoms with Crippen LogP contribution in [0, 0.1) is 0 Å². The Balaban J connectivity index is 1.13. The van der Waals surface area contributed by atoms with Crippen LogP contribution < -0.4 is 4.90 Å². The highest BCUT2D eigenvalue weighted by Gasteiger charge is 2.22. The van der Waals surface area contributed by atoms with Crippen LogP contribution in [0.25, 0.3) is 88.0 Å². The van der Waals surface area contributed by atoms with E-state index in [-0.39, 0.29) is 0 Å². The number of anilines is 3. The molecule has 0 fully saturated rings. The average molecular weight is 704 g/mol. The third-order valence-electron chi connectivity index (χ3n) is 10.9. The summed E-state index contributed by atoms with van der Waals surface area (Å²) in [5.74, 6) is 0. The molecule has 0 saturated heterocycles. The van der Waals surface area contributed by atoms with Crippen molar-refractivity contribution >= 4 is 71.7 Å². The van der Waals surface area contributed by atoms with Gasteiger partial charge in [0.2, 0.25) is 0 Å². The number of para-hydroxylation sites is 3. The average Bonchev–Trinajstić information content (AvgIpc) is 3.82. The Hall–Kier alpha value is -7.36. The van der Waals surface area contributed by atoms with Crippen molar-refractivity contribution in [1.82, 2.24) is 0 Å². The molecule has 0 radical (unpaired) electrons. The number of nitrogens with zero attached hydrogens (tertiary/aromatic N) is 1. The smallest absolute Gasteiger partial charge is 0.143 e. The summed E-state index contributed by atoms with van der Waals surface area (Å²) in [6.07, 6.45) is 0. The second-order valence-corrected chi connectivity index (χ2v) is 14.1. The second-order valence-electron chi connectivity index (χ2n) is 14.1. The summed E-state index contributed by atoms with van der Waals surface area (Å²) in [7, 11) is 0. The van der Waals surface area contributed by atoms with Gasteiger partial charge in [-0.3, -0.25) is 0 Å². The molecule has 0 aliphatic heterocycles. The van der Waals surface area contributed by atoms with Crippen LogP contribution in [0.4, 0.5) is 17.1 Å². The molecule has 0 atom stereocenters. The van der Waals surface area contributed by atoms with Gasteiger partial charge < -0.3 is 13.7 Å². The van der Waals surface area contributed by atoms with E-state index in [4.69, 9.17) is 8.83 Å². The van der Waals surface area contributed by atoms with Crippen LogP contribution in [0.1, 0.15) is 0 Å². The lowest BCUT2D eigenvalue weighted by Crippen LogP contribution is -2.11. The van der Waals surface area contributed by atoms with E-state index in [0.29, 0.717) is 0 Å². The van der Waals surface area contributed by atoms with Gasteiger partial charge in [-0.2, -0.15) is 0 Å². The summed E-state index contributed by atoms with van der Waals surface area (Å²) in [6.45, 7) is 0. The Morgan fingerprint density at radius 1 is 0.327 bits per heavy atom. The Kier molecular flexibility index (Phi) is 7.17. The number of rotatable bonds is 6. The van der Waals surface area contributed by atoms with Crippen molar-refractivity contribution in [3.05, 3.63) is 200 Å². The van der Waals surface area contributed by atoms with Gasteiger partial charge in [-0.1, -0.05) is 146 Å². The highest BCUT2D eigenvalue weighted by Crippen LogP contribution is 2.46. The molecule has 11 aromatic rings. The zero-order chi connectivity index (χ0) is 36.3. The SMILES string of the molecule is c1ccc(-c2ccc(N(c3cccc(-c4cccc5c4oc4ccccc45)c3)c3ccccc3-c3cccc4oc5cc6ccccc6cc5c34)cc2)cc1. The van der Waals surface area contributed by atoms with Crippen molar-refractivity contribution in [2.45, 2.75) is 0 Å². The highest BCUT2D eigenvalue weighted by atomic mass is 16.3. The number of fused-ring (bicyclic) bond motifs is 7. The lowest BCUT2D eigenvalue weighted by Gasteiger charge is -2.28. The molecule has 9 aromatic carbocycles. The predicted octanol–water partition coefficient (Wildman–Crippen LogP) is 15.1. The van der Waals surface area contributed by atoms with Gasteiger partial charge in [-0.15, -0.1) is 0 Å². The summed E-state index contributed by atoms with van der Waals surface area (Å²) in [5, 5.41) is 6.82. The molecule has 0 aliphatic carbocycles. The first-order chi connectivity index (χ1) is 27.3. The van der Waals surface area contributed by atoms with Crippen LogP contribution in [0.15, 0.2) is 209 Å². The zero-order valence-electron chi connectivity index (χ0n) is 29.8. The van der Waals surface area contributed by atoms with Gasteiger partial charge in [0, 0.05) is 44.0 Å². The largest absolute Gasteiger partial charge is 0.456 e. The van der Waals surface area contributed by atoms with E-state index in [0.717, 1.165) is 83.2 Å². The maximum atomic E-state index is 6.55. The van der Waals surface area contributed by atoms with Gasteiger partial charge in [0.1, 0.15) is 22.3 Å². The summed E-state index contributed by atoms with van der Waals surface area (Å²) in [6, 6.07) is 71.0. The number of benzene rings is 9. The topological polar surface area (TPSA) is 29.5 Å². The predicted molar refractivity (Wildman–Crippen MR) is 229 cm³/mol. The molecule has 0 N–H and O–H groups in total. The Labute approximate surface area is 317 Å². The van der Waals surface area contributed by atoms with Gasteiger partial charge in [0.25, 0.3) is 0 Å². The highest BCUT2D eigenvalue weighted by molar-refractivity contribution is 6.17. The molecule has 258 valence electrons. The van der Waals surface area contributed by atoms with Crippen molar-refractivity contribution in [2.24, 2.45) is 0 Å². The fraction of sp³-hybridized carbons (Fsp3) is 0. The van der Waals surface area contributed by atoms with Gasteiger partial charge >= 0.3 is 0 Å². The summed E-state index contributed by atoms with van der Waals surface area (Å²) in [4.78, 5) is 2.38. The van der Waals surface area contributed by atoms with Crippen LogP contribution >= 0.6 is 0 Å². The minimum absolute atomic E-state index is 0.872. The molecule has 0 bridgehead atoms. The van der Waals surface area contributed by atoms with Gasteiger partial charge in [0.15, 0.2) is 0 Å². The third-order valence-corrected chi connectivity index (χ3v) is 10.9. The van der Waals surface area contributed by atoms with E-state index in [2.05, 4.69) is 193 Å². The normalized spacial score (nSPS) is 11.6. The molecule has 2 heterocycles. The first-order valence-corrected chi connectivity index (χ1v) is 18.7. The monoisotopic (exact) mass is 703 g/mol. The second kappa shape index (κ2) is 12.6. The van der Waals surface area contributed by atoms with Crippen molar-refractivity contribution in [3.63, 3.8) is 0 Å². The number of furan rings is 2. The van der Waals surface area contributed by atoms with E-state index in [1.165, 1.54) is 21.9 Å². The molecule has 3 nitrogen and oxygen atoms in total. The molecular weight excluding hydrogens is 671 g/mol. The first-order valence-electron chi connectivity index (χ1n) is 18.7. The molecule has 55 heavy (non-hydrogen) atoms. The van der Waals surface area contributed by atoms with Crippen LogP contribution in [-0.4, -0.2) is 0 Å². The van der Waals surface area contributed by atoms with Crippen LogP contribution in [0.5, 0.6) is 0 Å². The summed E-state index contributed by atoms with van der Waals surface area (Å²) in [5.41, 5.74) is 13.5. The van der Waals surface area contributed by atoms with Crippen LogP contribution in [0.2, 0.25) is 0 Å². The maximum Gasteiger partial charge on any atom is 0.143 e. The fourth-order valence-corrected chi connectivity index (χ4v) is 8.28. The van der Waals surface area contributed by atoms with Crippen LogP contribution in [-0.2, 0) is 0 Å². The minimum atomic E-state index is 0.872. The Morgan fingerprint density at radius 2 is 0.964 bits per heavy atom. The van der Waals surface area contributed by atoms with E-state index in [9.17, 15) is 0 Å². The molecule has 0 unspecified atom stereocenters. The fourth-order valence-electron chi connectivity index (χ4n) is 8.28. The lowest BCUT2D eigenvalue weighted by molar-refractivity contribution is 0.669. The molecule has 0 saturated carbocycles. The van der Waals surface area contributed by atoms with E-state index < -0.39 is 0 Å².